The molecule has 0 fully saturated rings. The summed E-state index contributed by atoms with van der Waals surface area (Å²) in [7, 11) is 0. The number of benzene rings is 7. The van der Waals surface area contributed by atoms with E-state index >= 15 is 0 Å². The Kier molecular flexibility index (Phi) is 8.28. The molecule has 10 rings (SSSR count). The summed E-state index contributed by atoms with van der Waals surface area (Å²) in [4.78, 5) is 25.2. The molecule has 0 saturated heterocycles. The molecule has 10 aromatic rings. The van der Waals surface area contributed by atoms with Gasteiger partial charge in [-0.3, -0.25) is 0 Å². The van der Waals surface area contributed by atoms with Gasteiger partial charge in [-0.25, -0.2) is 24.9 Å². The zero-order valence-electron chi connectivity index (χ0n) is 29.5. The van der Waals surface area contributed by atoms with Crippen LogP contribution in [-0.2, 0) is 0 Å². The van der Waals surface area contributed by atoms with Gasteiger partial charge in [-0.2, -0.15) is 0 Å². The van der Waals surface area contributed by atoms with Gasteiger partial charge in [-0.1, -0.05) is 176 Å². The maximum absolute atomic E-state index is 5.20. The molecule has 0 saturated carbocycles. The predicted octanol–water partition coefficient (Wildman–Crippen LogP) is 12.7. The Bertz CT molecular complexity index is 2890. The molecule has 0 N–H and O–H groups in total. The van der Waals surface area contributed by atoms with Crippen molar-refractivity contribution in [2.45, 2.75) is 0 Å². The standard InChI is InChI=1S/C49H31N5S/c1-5-14-32(15-6-1)33-24-26-34(27-25-33)42-31-43(51-46(50-42)35-16-7-2-8-17-35)41-23-13-22-40-39-29-28-38(30-44(39)55-45(40)41)49-53-47(36-18-9-3-10-19-36)52-48(54-49)37-20-11-4-12-21-37/h1-31H. The second-order valence-electron chi connectivity index (χ2n) is 13.3. The van der Waals surface area contributed by atoms with E-state index in [4.69, 9.17) is 24.9 Å². The summed E-state index contributed by atoms with van der Waals surface area (Å²) in [6, 6.07) is 64.6. The summed E-state index contributed by atoms with van der Waals surface area (Å²) in [6.45, 7) is 0. The molecule has 0 unspecified atom stereocenters. The molecule has 3 heterocycles. The number of thiophene rings is 1. The highest BCUT2D eigenvalue weighted by Gasteiger charge is 2.17. The third-order valence-electron chi connectivity index (χ3n) is 9.78. The van der Waals surface area contributed by atoms with E-state index in [-0.39, 0.29) is 0 Å². The fraction of sp³-hybridized carbons (Fsp3) is 0. The topological polar surface area (TPSA) is 64.5 Å². The van der Waals surface area contributed by atoms with Gasteiger partial charge in [0.05, 0.1) is 11.4 Å². The summed E-state index contributed by atoms with van der Waals surface area (Å²) in [5.74, 6) is 2.62. The van der Waals surface area contributed by atoms with Crippen LogP contribution in [0.4, 0.5) is 0 Å². The van der Waals surface area contributed by atoms with Gasteiger partial charge < -0.3 is 0 Å². The second kappa shape index (κ2) is 14.0. The Hall–Kier alpha value is -7.15. The summed E-state index contributed by atoms with van der Waals surface area (Å²) >= 11 is 1.76. The first kappa shape index (κ1) is 32.5. The minimum atomic E-state index is 0.638. The molecular weight excluding hydrogens is 691 g/mol. The lowest BCUT2D eigenvalue weighted by atomic mass is 10.0. The van der Waals surface area contributed by atoms with E-state index in [9.17, 15) is 0 Å². The van der Waals surface area contributed by atoms with Crippen LogP contribution in [0.25, 0.3) is 99.4 Å². The van der Waals surface area contributed by atoms with Crippen LogP contribution in [0.1, 0.15) is 0 Å². The van der Waals surface area contributed by atoms with Crippen molar-refractivity contribution in [1.29, 1.82) is 0 Å². The van der Waals surface area contributed by atoms with Crippen LogP contribution >= 0.6 is 11.3 Å². The molecule has 258 valence electrons. The second-order valence-corrected chi connectivity index (χ2v) is 14.4. The van der Waals surface area contributed by atoms with Gasteiger partial charge in [0, 0.05) is 53.6 Å². The zero-order valence-corrected chi connectivity index (χ0v) is 30.4. The molecule has 0 aliphatic heterocycles. The fourth-order valence-electron chi connectivity index (χ4n) is 6.99. The first-order chi connectivity index (χ1) is 27.2. The molecule has 7 aromatic carbocycles. The Balaban J connectivity index is 1.10. The molecule has 0 bridgehead atoms. The van der Waals surface area contributed by atoms with Crippen molar-refractivity contribution in [3.63, 3.8) is 0 Å². The lowest BCUT2D eigenvalue weighted by Gasteiger charge is -2.11. The van der Waals surface area contributed by atoms with E-state index < -0.39 is 0 Å². The van der Waals surface area contributed by atoms with Crippen LogP contribution in [0.5, 0.6) is 0 Å². The van der Waals surface area contributed by atoms with Crippen LogP contribution in [-0.4, -0.2) is 24.9 Å². The van der Waals surface area contributed by atoms with Crippen LogP contribution in [0.3, 0.4) is 0 Å². The molecule has 0 aliphatic carbocycles. The molecule has 5 nitrogen and oxygen atoms in total. The largest absolute Gasteiger partial charge is 0.228 e. The highest BCUT2D eigenvalue weighted by Crippen LogP contribution is 2.42. The van der Waals surface area contributed by atoms with Crippen LogP contribution in [0.2, 0.25) is 0 Å². The smallest absolute Gasteiger partial charge is 0.164 e. The molecule has 3 aromatic heterocycles. The highest BCUT2D eigenvalue weighted by molar-refractivity contribution is 7.26. The van der Waals surface area contributed by atoms with Gasteiger partial charge >= 0.3 is 0 Å². The number of nitrogens with zero attached hydrogens (tertiary/aromatic N) is 5. The first-order valence-electron chi connectivity index (χ1n) is 18.2. The minimum absolute atomic E-state index is 0.638. The maximum Gasteiger partial charge on any atom is 0.164 e. The number of fused-ring (bicyclic) bond motifs is 3. The van der Waals surface area contributed by atoms with E-state index in [0.29, 0.717) is 23.3 Å². The molecule has 0 aliphatic rings. The lowest BCUT2D eigenvalue weighted by Crippen LogP contribution is -1.99. The SMILES string of the molecule is c1ccc(-c2ccc(-c3cc(-c4cccc5c4sc4cc(-c6nc(-c7ccccc7)nc(-c7ccccc7)n6)ccc45)nc(-c4ccccc4)n3)cc2)cc1. The van der Waals surface area contributed by atoms with Crippen molar-refractivity contribution in [1.82, 2.24) is 24.9 Å². The van der Waals surface area contributed by atoms with Crippen LogP contribution in [0.15, 0.2) is 188 Å². The van der Waals surface area contributed by atoms with Crippen LogP contribution < -0.4 is 0 Å². The Morgan fingerprint density at radius 1 is 0.291 bits per heavy atom. The molecule has 0 spiro atoms. The normalized spacial score (nSPS) is 11.3. The quantitative estimate of drug-likeness (QED) is 0.164. The summed E-state index contributed by atoms with van der Waals surface area (Å²) < 4.78 is 2.32. The summed E-state index contributed by atoms with van der Waals surface area (Å²) in [6.07, 6.45) is 0. The Morgan fingerprint density at radius 3 is 1.33 bits per heavy atom. The molecule has 6 heteroatoms. The third kappa shape index (κ3) is 6.35. The van der Waals surface area contributed by atoms with E-state index in [0.717, 1.165) is 49.5 Å². The highest BCUT2D eigenvalue weighted by atomic mass is 32.1. The predicted molar refractivity (Wildman–Crippen MR) is 226 cm³/mol. The van der Waals surface area contributed by atoms with Gasteiger partial charge in [-0.05, 0) is 23.3 Å². The number of rotatable bonds is 7. The van der Waals surface area contributed by atoms with E-state index in [1.54, 1.807) is 11.3 Å². The van der Waals surface area contributed by atoms with Crippen molar-refractivity contribution in [2.75, 3.05) is 0 Å². The monoisotopic (exact) mass is 721 g/mol. The van der Waals surface area contributed by atoms with Gasteiger partial charge in [0.2, 0.25) is 0 Å². The Labute approximate surface area is 322 Å². The van der Waals surface area contributed by atoms with Crippen molar-refractivity contribution >= 4 is 31.5 Å². The molecular formula is C49H31N5S. The fourth-order valence-corrected chi connectivity index (χ4v) is 8.25. The van der Waals surface area contributed by atoms with Crippen molar-refractivity contribution in [2.24, 2.45) is 0 Å². The van der Waals surface area contributed by atoms with E-state index in [1.807, 2.05) is 84.9 Å². The lowest BCUT2D eigenvalue weighted by molar-refractivity contribution is 1.07. The van der Waals surface area contributed by atoms with E-state index in [2.05, 4.69) is 103 Å². The van der Waals surface area contributed by atoms with Gasteiger partial charge in [0.1, 0.15) is 0 Å². The third-order valence-corrected chi connectivity index (χ3v) is 11.0. The van der Waals surface area contributed by atoms with Crippen molar-refractivity contribution in [3.8, 4) is 79.2 Å². The summed E-state index contributed by atoms with van der Waals surface area (Å²) in [5.41, 5.74) is 10.0. The molecule has 0 amide bonds. The average Bonchev–Trinajstić information content (AvgIpc) is 3.66. The molecule has 55 heavy (non-hydrogen) atoms. The number of hydrogen-bond donors (Lipinski definition) is 0. The van der Waals surface area contributed by atoms with Crippen molar-refractivity contribution in [3.05, 3.63) is 188 Å². The summed E-state index contributed by atoms with van der Waals surface area (Å²) in [5, 5.41) is 2.36. The Morgan fingerprint density at radius 2 is 0.745 bits per heavy atom. The average molecular weight is 722 g/mol. The van der Waals surface area contributed by atoms with E-state index in [1.165, 1.54) is 26.6 Å². The number of hydrogen-bond acceptors (Lipinski definition) is 6. The number of aromatic nitrogens is 5. The van der Waals surface area contributed by atoms with Gasteiger partial charge in [0.25, 0.3) is 0 Å². The molecule has 0 atom stereocenters. The first-order valence-corrected chi connectivity index (χ1v) is 19.0. The van der Waals surface area contributed by atoms with Gasteiger partial charge in [-0.15, -0.1) is 11.3 Å². The molecule has 0 radical (unpaired) electrons. The van der Waals surface area contributed by atoms with Gasteiger partial charge in [0.15, 0.2) is 23.3 Å². The van der Waals surface area contributed by atoms with Crippen molar-refractivity contribution < 1.29 is 0 Å². The zero-order chi connectivity index (χ0) is 36.6. The maximum atomic E-state index is 5.20. The van der Waals surface area contributed by atoms with Crippen LogP contribution in [0, 0.1) is 0 Å². The minimum Gasteiger partial charge on any atom is -0.228 e.